The number of carbonyl (C=O) groups is 1. The van der Waals surface area contributed by atoms with Gasteiger partial charge in [0.25, 0.3) is 0 Å². The van der Waals surface area contributed by atoms with Gasteiger partial charge in [0.05, 0.1) is 16.3 Å². The lowest BCUT2D eigenvalue weighted by molar-refractivity contribution is -0.121. The number of hydrogen-bond acceptors (Lipinski definition) is 4. The fourth-order valence-electron chi connectivity index (χ4n) is 1.89. The fourth-order valence-corrected chi connectivity index (χ4v) is 3.29. The van der Waals surface area contributed by atoms with Gasteiger partial charge in [0.1, 0.15) is 11.6 Å². The van der Waals surface area contributed by atoms with Crippen LogP contribution < -0.4 is 16.2 Å². The van der Waals surface area contributed by atoms with Crippen LogP contribution in [-0.2, 0) is 14.6 Å². The number of amides is 1. The van der Waals surface area contributed by atoms with Crippen molar-refractivity contribution in [1.29, 1.82) is 0 Å². The number of hydrogen-bond donors (Lipinski definition) is 3. The standard InChI is InChI=1S/C16H15F2N3O3S2/c17-11-5-7-12(8-6-11)26(23,24)10-9-15(22)20-21-16(25)19-14-4-2-1-3-13(14)18/h1-8H,9-10H2,(H,20,22)(H2,19,21,25). The molecule has 0 bridgehead atoms. The maximum Gasteiger partial charge on any atom is 0.239 e. The number of nitrogens with one attached hydrogen (secondary N) is 3. The Hall–Kier alpha value is -2.59. The van der Waals surface area contributed by atoms with Crippen molar-refractivity contribution in [2.75, 3.05) is 11.1 Å². The Bertz CT molecular complexity index is 903. The van der Waals surface area contributed by atoms with Gasteiger partial charge in [-0.1, -0.05) is 12.1 Å². The smallest absolute Gasteiger partial charge is 0.239 e. The van der Waals surface area contributed by atoms with E-state index in [0.717, 1.165) is 24.3 Å². The Morgan fingerprint density at radius 2 is 1.65 bits per heavy atom. The molecule has 6 nitrogen and oxygen atoms in total. The number of hydrazine groups is 1. The monoisotopic (exact) mass is 399 g/mol. The molecular formula is C16H15F2N3O3S2. The van der Waals surface area contributed by atoms with Gasteiger partial charge in [0, 0.05) is 6.42 Å². The normalized spacial score (nSPS) is 10.8. The summed E-state index contributed by atoms with van der Waals surface area (Å²) in [5.41, 5.74) is 4.69. The maximum absolute atomic E-state index is 13.5. The fraction of sp³-hybridized carbons (Fsp3) is 0.125. The molecule has 1 amide bonds. The highest BCUT2D eigenvalue weighted by molar-refractivity contribution is 7.91. The van der Waals surface area contributed by atoms with Gasteiger partial charge in [-0.25, -0.2) is 17.2 Å². The van der Waals surface area contributed by atoms with Gasteiger partial charge in [-0.05, 0) is 48.6 Å². The number of para-hydroxylation sites is 1. The number of carbonyl (C=O) groups excluding carboxylic acids is 1. The van der Waals surface area contributed by atoms with E-state index in [1.54, 1.807) is 6.07 Å². The summed E-state index contributed by atoms with van der Waals surface area (Å²) in [7, 11) is -3.72. The third kappa shape index (κ3) is 5.74. The highest BCUT2D eigenvalue weighted by Crippen LogP contribution is 2.13. The van der Waals surface area contributed by atoms with Crippen LogP contribution in [0.1, 0.15) is 6.42 Å². The molecule has 0 fully saturated rings. The number of thiocarbonyl (C=S) groups is 1. The van der Waals surface area contributed by atoms with Crippen molar-refractivity contribution in [1.82, 2.24) is 10.9 Å². The van der Waals surface area contributed by atoms with Crippen molar-refractivity contribution >= 4 is 38.8 Å². The summed E-state index contributed by atoms with van der Waals surface area (Å²) in [6.07, 6.45) is -0.338. The van der Waals surface area contributed by atoms with Crippen LogP contribution in [0.2, 0.25) is 0 Å². The van der Waals surface area contributed by atoms with Gasteiger partial charge in [-0.2, -0.15) is 0 Å². The lowest BCUT2D eigenvalue weighted by Gasteiger charge is -2.12. The highest BCUT2D eigenvalue weighted by Gasteiger charge is 2.16. The number of benzene rings is 2. The van der Waals surface area contributed by atoms with Crippen LogP contribution >= 0.6 is 12.2 Å². The minimum atomic E-state index is -3.72. The minimum absolute atomic E-state index is 0.0650. The first-order chi connectivity index (χ1) is 12.3. The summed E-state index contributed by atoms with van der Waals surface area (Å²) in [5, 5.41) is 2.48. The third-order valence-corrected chi connectivity index (χ3v) is 5.14. The van der Waals surface area contributed by atoms with Crippen LogP contribution in [0.15, 0.2) is 53.4 Å². The average molecular weight is 399 g/mol. The van der Waals surface area contributed by atoms with E-state index in [1.165, 1.54) is 18.2 Å². The summed E-state index contributed by atoms with van der Waals surface area (Å²) in [5.74, 6) is -2.16. The third-order valence-electron chi connectivity index (χ3n) is 3.21. The molecule has 0 saturated carbocycles. The van der Waals surface area contributed by atoms with E-state index >= 15 is 0 Å². The molecule has 0 aliphatic heterocycles. The first kappa shape index (κ1) is 19.7. The van der Waals surface area contributed by atoms with Gasteiger partial charge in [0.15, 0.2) is 14.9 Å². The van der Waals surface area contributed by atoms with Crippen molar-refractivity contribution < 1.29 is 22.0 Å². The molecule has 0 heterocycles. The quantitative estimate of drug-likeness (QED) is 0.406. The Kier molecular flexibility index (Phi) is 6.58. The average Bonchev–Trinajstić information content (AvgIpc) is 2.60. The van der Waals surface area contributed by atoms with E-state index in [9.17, 15) is 22.0 Å². The van der Waals surface area contributed by atoms with Crippen LogP contribution in [0.5, 0.6) is 0 Å². The van der Waals surface area contributed by atoms with E-state index in [-0.39, 0.29) is 22.1 Å². The van der Waals surface area contributed by atoms with Crippen LogP contribution in [0.4, 0.5) is 14.5 Å². The molecular weight excluding hydrogens is 384 g/mol. The molecule has 2 aromatic rings. The lowest BCUT2D eigenvalue weighted by Crippen LogP contribution is -2.44. The molecule has 0 atom stereocenters. The Labute approximate surface area is 154 Å². The second-order valence-electron chi connectivity index (χ2n) is 5.13. The Morgan fingerprint density at radius 3 is 2.31 bits per heavy atom. The summed E-state index contributed by atoms with van der Waals surface area (Å²) >= 11 is 4.90. The SMILES string of the molecule is O=C(CCS(=O)(=O)c1ccc(F)cc1)NNC(=S)Nc1ccccc1F. The molecule has 2 rings (SSSR count). The zero-order valence-electron chi connectivity index (χ0n) is 13.3. The molecule has 138 valence electrons. The zero-order valence-corrected chi connectivity index (χ0v) is 15.0. The van der Waals surface area contributed by atoms with Crippen molar-refractivity contribution in [3.8, 4) is 0 Å². The van der Waals surface area contributed by atoms with Gasteiger partial charge in [-0.3, -0.25) is 15.6 Å². The molecule has 0 spiro atoms. The topological polar surface area (TPSA) is 87.3 Å². The first-order valence-corrected chi connectivity index (χ1v) is 9.43. The molecule has 0 radical (unpaired) electrons. The number of rotatable bonds is 5. The van der Waals surface area contributed by atoms with Crippen molar-refractivity contribution in [3.63, 3.8) is 0 Å². The molecule has 0 aliphatic carbocycles. The van der Waals surface area contributed by atoms with Crippen molar-refractivity contribution in [3.05, 3.63) is 60.2 Å². The van der Waals surface area contributed by atoms with E-state index in [1.807, 2.05) is 0 Å². The van der Waals surface area contributed by atoms with Crippen molar-refractivity contribution in [2.45, 2.75) is 11.3 Å². The molecule has 0 aromatic heterocycles. The number of sulfone groups is 1. The Morgan fingerprint density at radius 1 is 1.00 bits per heavy atom. The molecule has 26 heavy (non-hydrogen) atoms. The Balaban J connectivity index is 1.80. The lowest BCUT2D eigenvalue weighted by atomic mass is 10.3. The largest absolute Gasteiger partial charge is 0.329 e. The second kappa shape index (κ2) is 8.68. The van der Waals surface area contributed by atoms with E-state index in [0.29, 0.717) is 0 Å². The molecule has 0 saturated heterocycles. The van der Waals surface area contributed by atoms with E-state index < -0.39 is 33.1 Å². The predicted octanol–water partition coefficient (Wildman–Crippen LogP) is 2.15. The molecule has 0 aliphatic rings. The van der Waals surface area contributed by atoms with Crippen LogP contribution in [-0.4, -0.2) is 25.2 Å². The summed E-state index contributed by atoms with van der Waals surface area (Å²) < 4.78 is 50.4. The first-order valence-electron chi connectivity index (χ1n) is 7.36. The summed E-state index contributed by atoms with van der Waals surface area (Å²) in [4.78, 5) is 11.7. The van der Waals surface area contributed by atoms with Crippen LogP contribution in [0.3, 0.4) is 0 Å². The van der Waals surface area contributed by atoms with Gasteiger partial charge in [0.2, 0.25) is 5.91 Å². The van der Waals surface area contributed by atoms with Crippen LogP contribution in [0, 0.1) is 11.6 Å². The number of anilines is 1. The molecule has 2 aromatic carbocycles. The van der Waals surface area contributed by atoms with E-state index in [2.05, 4.69) is 16.2 Å². The molecule has 3 N–H and O–H groups in total. The van der Waals surface area contributed by atoms with Gasteiger partial charge < -0.3 is 5.32 Å². The summed E-state index contributed by atoms with van der Waals surface area (Å²) in [6, 6.07) is 10.1. The minimum Gasteiger partial charge on any atom is -0.329 e. The number of halogens is 2. The maximum atomic E-state index is 13.5. The van der Waals surface area contributed by atoms with Gasteiger partial charge in [-0.15, -0.1) is 0 Å². The summed E-state index contributed by atoms with van der Waals surface area (Å²) in [6.45, 7) is 0. The van der Waals surface area contributed by atoms with Crippen LogP contribution in [0.25, 0.3) is 0 Å². The zero-order chi connectivity index (χ0) is 19.2. The predicted molar refractivity (Wildman–Crippen MR) is 97.0 cm³/mol. The van der Waals surface area contributed by atoms with E-state index in [4.69, 9.17) is 12.2 Å². The second-order valence-corrected chi connectivity index (χ2v) is 7.65. The van der Waals surface area contributed by atoms with Gasteiger partial charge >= 0.3 is 0 Å². The highest BCUT2D eigenvalue weighted by atomic mass is 32.2. The molecule has 10 heteroatoms. The molecule has 0 unspecified atom stereocenters. The van der Waals surface area contributed by atoms with Crippen molar-refractivity contribution in [2.24, 2.45) is 0 Å².